The molecule has 0 radical (unpaired) electrons. The van der Waals surface area contributed by atoms with E-state index in [2.05, 4.69) is 36.9 Å². The number of imide groups is 1. The van der Waals surface area contributed by atoms with Crippen LogP contribution in [0.2, 0.25) is 0 Å². The number of carbonyl (C=O) groups is 2. The number of rotatable bonds is 5. The molecule has 7 heteroatoms. The van der Waals surface area contributed by atoms with Crippen LogP contribution in [0.15, 0.2) is 42.1 Å². The van der Waals surface area contributed by atoms with E-state index >= 15 is 0 Å². The number of methoxy groups -OCH3 is 2. The Morgan fingerprint density at radius 1 is 0.812 bits per heavy atom. The van der Waals surface area contributed by atoms with Gasteiger partial charge in [-0.25, -0.2) is 0 Å². The first-order valence-corrected chi connectivity index (χ1v) is 10.7. The SMILES string of the molecule is COc1ccc(C2=C(N3CCN(c4cccc(C)c4C)CC3)C(=O)N(C)C2=O)cc1OC. The molecule has 1 fully saturated rings. The molecule has 0 unspecified atom stereocenters. The fraction of sp³-hybridized carbons (Fsp3) is 0.360. The Kier molecular flexibility index (Phi) is 5.82. The van der Waals surface area contributed by atoms with Crippen molar-refractivity contribution in [1.82, 2.24) is 9.80 Å². The Balaban J connectivity index is 1.66. The number of nitrogens with zero attached hydrogens (tertiary/aromatic N) is 3. The lowest BCUT2D eigenvalue weighted by Crippen LogP contribution is -2.47. The van der Waals surface area contributed by atoms with Crippen molar-refractivity contribution in [2.75, 3.05) is 52.3 Å². The molecule has 2 aliphatic rings. The predicted molar refractivity (Wildman–Crippen MR) is 124 cm³/mol. The summed E-state index contributed by atoms with van der Waals surface area (Å²) in [4.78, 5) is 31.7. The first-order chi connectivity index (χ1) is 15.4. The van der Waals surface area contributed by atoms with Crippen molar-refractivity contribution < 1.29 is 19.1 Å². The summed E-state index contributed by atoms with van der Waals surface area (Å²) in [6.07, 6.45) is 0. The van der Waals surface area contributed by atoms with Crippen LogP contribution in [0, 0.1) is 13.8 Å². The van der Waals surface area contributed by atoms with Gasteiger partial charge in [0.2, 0.25) is 0 Å². The third-order valence-electron chi connectivity index (χ3n) is 6.45. The lowest BCUT2D eigenvalue weighted by Gasteiger charge is -2.38. The predicted octanol–water partition coefficient (Wildman–Crippen LogP) is 2.85. The highest BCUT2D eigenvalue weighted by atomic mass is 16.5. The van der Waals surface area contributed by atoms with Crippen LogP contribution in [0.25, 0.3) is 5.57 Å². The summed E-state index contributed by atoms with van der Waals surface area (Å²) in [6.45, 7) is 7.13. The molecule has 0 aliphatic carbocycles. The fourth-order valence-corrected chi connectivity index (χ4v) is 4.42. The molecule has 0 N–H and O–H groups in total. The molecule has 7 nitrogen and oxygen atoms in total. The molecular formula is C25H29N3O4. The molecule has 2 aliphatic heterocycles. The summed E-state index contributed by atoms with van der Waals surface area (Å²) >= 11 is 0. The first-order valence-electron chi connectivity index (χ1n) is 10.7. The van der Waals surface area contributed by atoms with Crippen LogP contribution in [-0.2, 0) is 9.59 Å². The van der Waals surface area contributed by atoms with Crippen molar-refractivity contribution in [3.05, 3.63) is 58.8 Å². The molecule has 168 valence electrons. The highest BCUT2D eigenvalue weighted by Gasteiger charge is 2.40. The first kappa shape index (κ1) is 21.7. The number of amides is 2. The number of hydrogen-bond donors (Lipinski definition) is 0. The van der Waals surface area contributed by atoms with Crippen LogP contribution in [0.3, 0.4) is 0 Å². The second-order valence-corrected chi connectivity index (χ2v) is 8.16. The second kappa shape index (κ2) is 8.57. The summed E-state index contributed by atoms with van der Waals surface area (Å²) < 4.78 is 10.7. The standard InChI is InChI=1S/C25H29N3O4/c1-16-7-6-8-19(17(16)2)27-11-13-28(14-12-27)23-22(24(29)26(3)25(23)30)18-9-10-20(31-4)21(15-18)32-5/h6-10,15H,11-14H2,1-5H3. The van der Waals surface area contributed by atoms with Gasteiger partial charge in [0.1, 0.15) is 5.70 Å². The molecule has 2 heterocycles. The van der Waals surface area contributed by atoms with Gasteiger partial charge in [0.25, 0.3) is 11.8 Å². The molecule has 2 aromatic carbocycles. The maximum absolute atomic E-state index is 13.1. The Labute approximate surface area is 188 Å². The minimum atomic E-state index is -0.297. The van der Waals surface area contributed by atoms with Crippen LogP contribution in [0.4, 0.5) is 5.69 Å². The van der Waals surface area contributed by atoms with Gasteiger partial charge in [-0.1, -0.05) is 18.2 Å². The number of ether oxygens (including phenoxy) is 2. The zero-order valence-corrected chi connectivity index (χ0v) is 19.3. The lowest BCUT2D eigenvalue weighted by molar-refractivity contribution is -0.135. The minimum absolute atomic E-state index is 0.264. The molecule has 0 atom stereocenters. The average Bonchev–Trinajstić information content (AvgIpc) is 3.04. The highest BCUT2D eigenvalue weighted by Crippen LogP contribution is 2.36. The van der Waals surface area contributed by atoms with Crippen molar-refractivity contribution in [3.63, 3.8) is 0 Å². The van der Waals surface area contributed by atoms with E-state index in [9.17, 15) is 9.59 Å². The van der Waals surface area contributed by atoms with Crippen molar-refractivity contribution >= 4 is 23.1 Å². The minimum Gasteiger partial charge on any atom is -0.493 e. The van der Waals surface area contributed by atoms with E-state index in [1.165, 1.54) is 28.8 Å². The van der Waals surface area contributed by atoms with Gasteiger partial charge in [0.05, 0.1) is 19.8 Å². The van der Waals surface area contributed by atoms with Gasteiger partial charge in [-0.15, -0.1) is 0 Å². The average molecular weight is 436 g/mol. The number of likely N-dealkylation sites (N-methyl/N-ethyl adjacent to an activating group) is 1. The molecule has 0 bridgehead atoms. The van der Waals surface area contributed by atoms with Crippen LogP contribution in [-0.4, -0.2) is 69.1 Å². The van der Waals surface area contributed by atoms with Crippen LogP contribution in [0.1, 0.15) is 16.7 Å². The number of carbonyl (C=O) groups excluding carboxylic acids is 2. The van der Waals surface area contributed by atoms with Gasteiger partial charge in [0.15, 0.2) is 11.5 Å². The lowest BCUT2D eigenvalue weighted by atomic mass is 10.0. The van der Waals surface area contributed by atoms with Crippen LogP contribution < -0.4 is 14.4 Å². The monoisotopic (exact) mass is 435 g/mol. The molecule has 0 aromatic heterocycles. The second-order valence-electron chi connectivity index (χ2n) is 8.16. The van der Waals surface area contributed by atoms with E-state index in [-0.39, 0.29) is 11.8 Å². The fourth-order valence-electron chi connectivity index (χ4n) is 4.42. The molecule has 2 amide bonds. The van der Waals surface area contributed by atoms with Crippen LogP contribution in [0.5, 0.6) is 11.5 Å². The topological polar surface area (TPSA) is 62.3 Å². The molecule has 0 spiro atoms. The summed E-state index contributed by atoms with van der Waals surface area (Å²) in [6, 6.07) is 11.7. The normalized spacial score (nSPS) is 16.8. The third-order valence-corrected chi connectivity index (χ3v) is 6.45. The Bertz CT molecular complexity index is 1100. The number of benzene rings is 2. The van der Waals surface area contributed by atoms with Gasteiger partial charge >= 0.3 is 0 Å². The van der Waals surface area contributed by atoms with Crippen molar-refractivity contribution in [2.45, 2.75) is 13.8 Å². The Morgan fingerprint density at radius 2 is 1.47 bits per heavy atom. The summed E-state index contributed by atoms with van der Waals surface area (Å²) in [7, 11) is 4.65. The summed E-state index contributed by atoms with van der Waals surface area (Å²) in [5.41, 5.74) is 5.30. The number of anilines is 1. The van der Waals surface area contributed by atoms with Crippen molar-refractivity contribution in [3.8, 4) is 11.5 Å². The summed E-state index contributed by atoms with van der Waals surface area (Å²) in [5, 5.41) is 0. The smallest absolute Gasteiger partial charge is 0.277 e. The number of hydrogen-bond acceptors (Lipinski definition) is 6. The van der Waals surface area contributed by atoms with Crippen molar-refractivity contribution in [2.24, 2.45) is 0 Å². The molecule has 1 saturated heterocycles. The zero-order chi connectivity index (χ0) is 23.0. The van der Waals surface area contributed by atoms with E-state index in [4.69, 9.17) is 9.47 Å². The number of aryl methyl sites for hydroxylation is 1. The van der Waals surface area contributed by atoms with Crippen LogP contribution >= 0.6 is 0 Å². The highest BCUT2D eigenvalue weighted by molar-refractivity contribution is 6.35. The molecular weight excluding hydrogens is 406 g/mol. The van der Waals surface area contributed by atoms with E-state index in [0.29, 0.717) is 41.4 Å². The van der Waals surface area contributed by atoms with Gasteiger partial charge in [-0.3, -0.25) is 14.5 Å². The molecule has 32 heavy (non-hydrogen) atoms. The van der Waals surface area contributed by atoms with Gasteiger partial charge in [0, 0.05) is 38.9 Å². The van der Waals surface area contributed by atoms with Gasteiger partial charge < -0.3 is 19.3 Å². The van der Waals surface area contributed by atoms with Gasteiger partial charge in [-0.05, 0) is 48.7 Å². The van der Waals surface area contributed by atoms with Crippen molar-refractivity contribution in [1.29, 1.82) is 0 Å². The van der Waals surface area contributed by atoms with Gasteiger partial charge in [-0.2, -0.15) is 0 Å². The molecule has 2 aromatic rings. The zero-order valence-electron chi connectivity index (χ0n) is 19.3. The number of piperazine rings is 1. The van der Waals surface area contributed by atoms with E-state index in [1.54, 1.807) is 32.4 Å². The van der Waals surface area contributed by atoms with E-state index in [1.807, 2.05) is 4.90 Å². The molecule has 0 saturated carbocycles. The van der Waals surface area contributed by atoms with E-state index < -0.39 is 0 Å². The quantitative estimate of drug-likeness (QED) is 0.673. The largest absolute Gasteiger partial charge is 0.493 e. The maximum Gasteiger partial charge on any atom is 0.277 e. The maximum atomic E-state index is 13.1. The Morgan fingerprint density at radius 3 is 2.12 bits per heavy atom. The summed E-state index contributed by atoms with van der Waals surface area (Å²) in [5.74, 6) is 0.534. The van der Waals surface area contributed by atoms with E-state index in [0.717, 1.165) is 13.1 Å². The Hall–Kier alpha value is -3.48. The molecule has 4 rings (SSSR count). The third kappa shape index (κ3) is 3.57.